The fourth-order valence-corrected chi connectivity index (χ4v) is 2.67. The zero-order valence-corrected chi connectivity index (χ0v) is 15.4. The number of carbonyl (C=O) groups is 2. The summed E-state index contributed by atoms with van der Waals surface area (Å²) in [4.78, 5) is 22.9. The molecular weight excluding hydrogens is 332 g/mol. The molecule has 0 fully saturated rings. The predicted octanol–water partition coefficient (Wildman–Crippen LogP) is 4.25. The van der Waals surface area contributed by atoms with Gasteiger partial charge in [0.1, 0.15) is 17.6 Å². The van der Waals surface area contributed by atoms with Gasteiger partial charge in [-0.25, -0.2) is 0 Å². The van der Waals surface area contributed by atoms with Crippen LogP contribution in [0.15, 0.2) is 49.0 Å². The molecule has 5 heteroatoms. The van der Waals surface area contributed by atoms with Crippen molar-refractivity contribution in [3.63, 3.8) is 0 Å². The van der Waals surface area contributed by atoms with Crippen LogP contribution in [0.4, 0.5) is 0 Å². The van der Waals surface area contributed by atoms with E-state index in [-0.39, 0.29) is 0 Å². The van der Waals surface area contributed by atoms with Gasteiger partial charge in [0.2, 0.25) is 0 Å². The Morgan fingerprint density at radius 3 is 2.08 bits per heavy atom. The largest absolute Gasteiger partial charge is 0.426 e. The third-order valence-corrected chi connectivity index (χ3v) is 3.78. The molecule has 0 aliphatic carbocycles. The Morgan fingerprint density at radius 2 is 1.54 bits per heavy atom. The van der Waals surface area contributed by atoms with E-state index in [0.717, 1.165) is 5.56 Å². The van der Waals surface area contributed by atoms with Crippen LogP contribution in [-0.4, -0.2) is 19.0 Å². The number of benzene rings is 2. The molecule has 0 spiro atoms. The van der Waals surface area contributed by atoms with E-state index in [2.05, 4.69) is 6.58 Å². The number of carbonyl (C=O) groups excluding carboxylic acids is 2. The van der Waals surface area contributed by atoms with Crippen molar-refractivity contribution in [2.24, 2.45) is 0 Å². The number of hydrogen-bond acceptors (Lipinski definition) is 5. The molecule has 0 bridgehead atoms. The maximum absolute atomic E-state index is 11.5. The Morgan fingerprint density at radius 1 is 0.962 bits per heavy atom. The van der Waals surface area contributed by atoms with Crippen molar-refractivity contribution in [2.75, 3.05) is 7.11 Å². The molecule has 0 heterocycles. The summed E-state index contributed by atoms with van der Waals surface area (Å²) in [6.45, 7) is 8.56. The Kier molecular flexibility index (Phi) is 6.31. The molecule has 0 aromatic heterocycles. The van der Waals surface area contributed by atoms with Gasteiger partial charge in [-0.2, -0.15) is 0 Å². The lowest BCUT2D eigenvalue weighted by molar-refractivity contribution is -0.133. The summed E-state index contributed by atoms with van der Waals surface area (Å²) >= 11 is 0. The highest BCUT2D eigenvalue weighted by Crippen LogP contribution is 2.39. The van der Waals surface area contributed by atoms with E-state index >= 15 is 0 Å². The maximum Gasteiger partial charge on any atom is 0.308 e. The first-order chi connectivity index (χ1) is 12.3. The van der Waals surface area contributed by atoms with Crippen LogP contribution in [0.25, 0.3) is 5.57 Å². The van der Waals surface area contributed by atoms with Crippen molar-refractivity contribution in [1.82, 2.24) is 0 Å². The topological polar surface area (TPSA) is 61.8 Å². The van der Waals surface area contributed by atoms with Crippen molar-refractivity contribution < 1.29 is 23.8 Å². The van der Waals surface area contributed by atoms with Crippen LogP contribution in [0.5, 0.6) is 11.5 Å². The summed E-state index contributed by atoms with van der Waals surface area (Å²) in [5.74, 6) is -0.162. The average molecular weight is 354 g/mol. The summed E-state index contributed by atoms with van der Waals surface area (Å²) in [6, 6.07) is 12.9. The summed E-state index contributed by atoms with van der Waals surface area (Å²) in [5, 5.41) is 0. The second-order valence-electron chi connectivity index (χ2n) is 5.85. The highest BCUT2D eigenvalue weighted by Gasteiger charge is 2.22. The smallest absolute Gasteiger partial charge is 0.308 e. The SMILES string of the molecule is C=C(c1cc(OC(C)=O)c(C)cc1OC(C)=O)C(OC)c1ccccc1. The number of esters is 2. The minimum atomic E-state index is -0.452. The second kappa shape index (κ2) is 8.45. The molecule has 5 nitrogen and oxygen atoms in total. The zero-order chi connectivity index (χ0) is 19.3. The second-order valence-corrected chi connectivity index (χ2v) is 5.85. The van der Waals surface area contributed by atoms with Crippen LogP contribution in [0.2, 0.25) is 0 Å². The molecule has 0 amide bonds. The van der Waals surface area contributed by atoms with Gasteiger partial charge in [0, 0.05) is 26.5 Å². The molecule has 2 aromatic carbocycles. The molecular formula is C21H22O5. The van der Waals surface area contributed by atoms with Crippen LogP contribution in [0.1, 0.15) is 36.6 Å². The maximum atomic E-state index is 11.5. The fraction of sp³-hybridized carbons (Fsp3) is 0.238. The number of hydrogen-bond donors (Lipinski definition) is 0. The Balaban J connectivity index is 2.54. The Hall–Kier alpha value is -2.92. The molecule has 136 valence electrons. The minimum Gasteiger partial charge on any atom is -0.426 e. The van der Waals surface area contributed by atoms with Crippen LogP contribution in [0, 0.1) is 6.92 Å². The van der Waals surface area contributed by atoms with E-state index in [4.69, 9.17) is 14.2 Å². The van der Waals surface area contributed by atoms with Gasteiger partial charge in [-0.3, -0.25) is 9.59 Å². The average Bonchev–Trinajstić information content (AvgIpc) is 2.58. The van der Waals surface area contributed by atoms with Gasteiger partial charge in [0.25, 0.3) is 0 Å². The Labute approximate surface area is 153 Å². The predicted molar refractivity (Wildman–Crippen MR) is 99.0 cm³/mol. The van der Waals surface area contributed by atoms with E-state index < -0.39 is 18.0 Å². The van der Waals surface area contributed by atoms with Crippen LogP contribution >= 0.6 is 0 Å². The lowest BCUT2D eigenvalue weighted by Gasteiger charge is -2.22. The highest BCUT2D eigenvalue weighted by atomic mass is 16.5. The molecule has 26 heavy (non-hydrogen) atoms. The van der Waals surface area contributed by atoms with E-state index in [1.807, 2.05) is 30.3 Å². The van der Waals surface area contributed by atoms with E-state index in [1.54, 1.807) is 26.2 Å². The van der Waals surface area contributed by atoms with Gasteiger partial charge < -0.3 is 14.2 Å². The van der Waals surface area contributed by atoms with E-state index in [1.165, 1.54) is 13.8 Å². The quantitative estimate of drug-likeness (QED) is 0.573. The fourth-order valence-electron chi connectivity index (χ4n) is 2.67. The van der Waals surface area contributed by atoms with Gasteiger partial charge in [-0.1, -0.05) is 36.9 Å². The first-order valence-electron chi connectivity index (χ1n) is 8.11. The molecule has 1 unspecified atom stereocenters. The molecule has 1 atom stereocenters. The molecule has 0 aliphatic heterocycles. The lowest BCUT2D eigenvalue weighted by atomic mass is 9.94. The molecule has 2 rings (SSSR count). The normalized spacial score (nSPS) is 11.5. The van der Waals surface area contributed by atoms with Crippen molar-refractivity contribution in [2.45, 2.75) is 26.9 Å². The molecule has 0 aliphatic rings. The lowest BCUT2D eigenvalue weighted by Crippen LogP contribution is -2.10. The molecule has 0 saturated carbocycles. The number of rotatable bonds is 6. The summed E-state index contributed by atoms with van der Waals surface area (Å²) in [7, 11) is 1.58. The van der Waals surface area contributed by atoms with Crippen molar-refractivity contribution in [1.29, 1.82) is 0 Å². The monoisotopic (exact) mass is 354 g/mol. The van der Waals surface area contributed by atoms with Crippen molar-refractivity contribution in [3.8, 4) is 11.5 Å². The van der Waals surface area contributed by atoms with Gasteiger partial charge in [0.15, 0.2) is 0 Å². The standard InChI is InChI=1S/C21H22O5/c1-13-11-20(26-16(4)23)18(12-19(13)25-15(3)22)14(2)21(24-5)17-9-7-6-8-10-17/h6-12,21H,2H2,1,3-5H3. The third kappa shape index (κ3) is 4.58. The molecule has 0 saturated heterocycles. The van der Waals surface area contributed by atoms with Gasteiger partial charge in [-0.05, 0) is 35.8 Å². The van der Waals surface area contributed by atoms with Gasteiger partial charge >= 0.3 is 11.9 Å². The van der Waals surface area contributed by atoms with E-state index in [0.29, 0.717) is 28.2 Å². The minimum absolute atomic E-state index is 0.342. The summed E-state index contributed by atoms with van der Waals surface area (Å²) in [6.07, 6.45) is -0.446. The molecule has 0 N–H and O–H groups in total. The number of aryl methyl sites for hydroxylation is 1. The van der Waals surface area contributed by atoms with Crippen LogP contribution < -0.4 is 9.47 Å². The zero-order valence-electron chi connectivity index (χ0n) is 15.4. The first-order valence-corrected chi connectivity index (χ1v) is 8.11. The van der Waals surface area contributed by atoms with E-state index in [9.17, 15) is 9.59 Å². The Bertz CT molecular complexity index is 824. The molecule has 2 aromatic rings. The number of methoxy groups -OCH3 is 1. The first kappa shape index (κ1) is 19.4. The molecule has 0 radical (unpaired) electrons. The summed E-state index contributed by atoms with van der Waals surface area (Å²) in [5.41, 5.74) is 2.70. The van der Waals surface area contributed by atoms with Crippen molar-refractivity contribution >= 4 is 17.5 Å². The third-order valence-electron chi connectivity index (χ3n) is 3.78. The van der Waals surface area contributed by atoms with Crippen LogP contribution in [-0.2, 0) is 14.3 Å². The number of ether oxygens (including phenoxy) is 3. The summed E-state index contributed by atoms with van der Waals surface area (Å²) < 4.78 is 16.2. The van der Waals surface area contributed by atoms with Gasteiger partial charge in [0.05, 0.1) is 0 Å². The van der Waals surface area contributed by atoms with Crippen molar-refractivity contribution in [3.05, 3.63) is 65.7 Å². The highest BCUT2D eigenvalue weighted by molar-refractivity contribution is 5.79. The van der Waals surface area contributed by atoms with Gasteiger partial charge in [-0.15, -0.1) is 0 Å². The van der Waals surface area contributed by atoms with Crippen LogP contribution in [0.3, 0.4) is 0 Å².